The number of rotatable bonds is 8. The van der Waals surface area contributed by atoms with E-state index in [2.05, 4.69) is 43.7 Å². The molecule has 2 heterocycles. The average Bonchev–Trinajstić information content (AvgIpc) is 3.18. The smallest absolute Gasteiger partial charge is 0.652 e. The molecule has 2 aromatic carbocycles. The fourth-order valence-electron chi connectivity index (χ4n) is 5.01. The van der Waals surface area contributed by atoms with E-state index in [1.807, 2.05) is 0 Å². The van der Waals surface area contributed by atoms with Crippen molar-refractivity contribution in [1.29, 1.82) is 0 Å². The third-order valence-corrected chi connectivity index (χ3v) is 6.83. The van der Waals surface area contributed by atoms with Gasteiger partial charge in [0.15, 0.2) is 0 Å². The number of ether oxygens (including phenoxy) is 1. The molecule has 0 radical (unpaired) electrons. The van der Waals surface area contributed by atoms with E-state index in [0.717, 1.165) is 56.6 Å². The molecule has 1 fully saturated rings. The van der Waals surface area contributed by atoms with Gasteiger partial charge in [0.05, 0.1) is 12.2 Å². The largest absolute Gasteiger partial charge is 1.00 e. The molecule has 0 aliphatic carbocycles. The van der Waals surface area contributed by atoms with Crippen LogP contribution in [0.15, 0.2) is 71.8 Å². The Morgan fingerprint density at radius 2 is 1.53 bits per heavy atom. The molecule has 2 aromatic rings. The van der Waals surface area contributed by atoms with E-state index >= 15 is 0 Å². The molecule has 2 aliphatic rings. The molecule has 0 atom stereocenters. The number of terminal acetylenes is 1. The second kappa shape index (κ2) is 15.3. The van der Waals surface area contributed by atoms with Gasteiger partial charge in [-0.1, -0.05) is 60.0 Å². The first kappa shape index (κ1) is 31.1. The van der Waals surface area contributed by atoms with E-state index in [-0.39, 0.29) is 74.7 Å². The van der Waals surface area contributed by atoms with Crippen LogP contribution in [0.5, 0.6) is 0 Å². The van der Waals surface area contributed by atoms with Crippen molar-refractivity contribution in [3.63, 3.8) is 0 Å². The van der Waals surface area contributed by atoms with Crippen molar-refractivity contribution in [3.8, 4) is 12.8 Å². The van der Waals surface area contributed by atoms with Crippen LogP contribution in [-0.4, -0.2) is 43.3 Å². The van der Waals surface area contributed by atoms with Crippen molar-refractivity contribution in [2.45, 2.75) is 44.8 Å². The molecule has 0 saturated carbocycles. The van der Waals surface area contributed by atoms with Crippen LogP contribution >= 0.6 is 0 Å². The first-order valence-electron chi connectivity index (χ1n) is 12.2. The van der Waals surface area contributed by atoms with Crippen LogP contribution in [0, 0.1) is 24.5 Å². The molecule has 0 N–H and O–H groups in total. The van der Waals surface area contributed by atoms with Crippen molar-refractivity contribution < 1.29 is 64.9 Å². The van der Waals surface area contributed by atoms with Gasteiger partial charge in [-0.2, -0.15) is 0 Å². The molecule has 2 aliphatic heterocycles. The average molecular weight is 517 g/mol. The predicted molar refractivity (Wildman–Crippen MR) is 139 cm³/mol. The van der Waals surface area contributed by atoms with Gasteiger partial charge in [0, 0.05) is 13.1 Å². The molecule has 0 aromatic heterocycles. The molecule has 4 rings (SSSR count). The molecular weight excluding hydrogens is 481 g/mol. The van der Waals surface area contributed by atoms with Gasteiger partial charge in [-0.15, -0.1) is 19.4 Å². The molecule has 6 heteroatoms. The van der Waals surface area contributed by atoms with E-state index in [4.69, 9.17) is 10.1 Å². The summed E-state index contributed by atoms with van der Waals surface area (Å²) in [5, 5.41) is 4.91. The van der Waals surface area contributed by atoms with Gasteiger partial charge in [-0.25, -0.2) is 8.78 Å². The Morgan fingerprint density at radius 3 is 2.03 bits per heavy atom. The quantitative estimate of drug-likeness (QED) is 0.303. The van der Waals surface area contributed by atoms with E-state index in [1.165, 1.54) is 35.4 Å². The Morgan fingerprint density at radius 1 is 1.00 bits per heavy atom. The van der Waals surface area contributed by atoms with Crippen LogP contribution in [-0.2, 0) is 4.74 Å². The maximum Gasteiger partial charge on any atom is 1.00 e. The zero-order chi connectivity index (χ0) is 25.3. The molecule has 0 bridgehead atoms. The second-order valence-electron chi connectivity index (χ2n) is 9.08. The third-order valence-electron chi connectivity index (χ3n) is 6.83. The summed E-state index contributed by atoms with van der Waals surface area (Å²) >= 11 is 0. The van der Waals surface area contributed by atoms with E-state index in [1.54, 1.807) is 24.3 Å². The maximum absolute atomic E-state index is 13.4. The Labute approximate surface area is 257 Å². The first-order valence-corrected chi connectivity index (χ1v) is 12.2. The van der Waals surface area contributed by atoms with Gasteiger partial charge in [0.1, 0.15) is 11.6 Å². The van der Waals surface area contributed by atoms with Crippen LogP contribution in [0.1, 0.15) is 50.3 Å². The van der Waals surface area contributed by atoms with Crippen molar-refractivity contribution in [3.05, 3.63) is 99.9 Å². The Hall–Kier alpha value is -1.14. The molecule has 0 amide bonds. The van der Waals surface area contributed by atoms with Crippen LogP contribution in [0.3, 0.4) is 0 Å². The minimum Gasteiger partial charge on any atom is -0.652 e. The summed E-state index contributed by atoms with van der Waals surface area (Å²) in [5.41, 5.74) is 4.46. The summed E-state index contributed by atoms with van der Waals surface area (Å²) in [7, 11) is 0. The van der Waals surface area contributed by atoms with Gasteiger partial charge in [0.25, 0.3) is 0 Å². The number of nitrogens with zero attached hydrogens (tertiary/aromatic N) is 2. The molecule has 186 valence electrons. The molecule has 0 unspecified atom stereocenters. The summed E-state index contributed by atoms with van der Waals surface area (Å²) < 4.78 is 33.1. The van der Waals surface area contributed by atoms with Gasteiger partial charge in [0.2, 0.25) is 0 Å². The monoisotopic (exact) mass is 516 g/mol. The van der Waals surface area contributed by atoms with Gasteiger partial charge < -0.3 is 15.0 Å². The second-order valence-corrected chi connectivity index (χ2v) is 9.08. The predicted octanol–water partition coefficient (Wildman–Crippen LogP) is 3.83. The molecule has 1 spiro atoms. The molecule has 3 nitrogen and oxygen atoms in total. The van der Waals surface area contributed by atoms with Crippen molar-refractivity contribution in [2.24, 2.45) is 0 Å². The third kappa shape index (κ3) is 7.93. The first-order chi connectivity index (χ1) is 17.0. The minimum absolute atomic E-state index is 0. The van der Waals surface area contributed by atoms with Crippen molar-refractivity contribution in [1.82, 2.24) is 4.90 Å². The summed E-state index contributed by atoms with van der Waals surface area (Å²) in [4.78, 5) is 2.50. The molecular formula is C30H35F2KN2O. The van der Waals surface area contributed by atoms with Crippen LogP contribution in [0.4, 0.5) is 8.78 Å². The summed E-state index contributed by atoms with van der Waals surface area (Å²) in [6, 6.07) is 12.6. The van der Waals surface area contributed by atoms with E-state index < -0.39 is 0 Å². The number of halogens is 2. The zero-order valence-electron chi connectivity index (χ0n) is 21.7. The Kier molecular flexibility index (Phi) is 13.2. The van der Waals surface area contributed by atoms with Crippen molar-refractivity contribution in [2.75, 3.05) is 32.8 Å². The number of hydrogen-bond acceptors (Lipinski definition) is 2. The Balaban J connectivity index is 0.00000148. The summed E-state index contributed by atoms with van der Waals surface area (Å²) in [6.07, 6.45) is 15.3. The van der Waals surface area contributed by atoms with Crippen LogP contribution < -0.4 is 51.4 Å². The molecule has 36 heavy (non-hydrogen) atoms. The fourth-order valence-corrected chi connectivity index (χ4v) is 5.01. The number of hydrogen-bond donors (Lipinski definition) is 0. The molecule has 1 saturated heterocycles. The Bertz CT molecular complexity index is 978. The van der Waals surface area contributed by atoms with Gasteiger partial charge in [-0.3, -0.25) is 0 Å². The normalized spacial score (nSPS) is 17.3. The standard InChI is InChI=1S/C28H33F2N2O.C2H2.K/c1-3-5-26-21(2)20-33-28(26)14-18-32(19-15-28)17-4-16-31-27(22-6-10-24(29)11-7-22)23-8-12-25(30)13-9-23;1-2;/h3,5-13,27H,4,14-20H2,1-2H3;1-2H;/q-1;;+1/b5-3-;;. The van der Waals surface area contributed by atoms with Gasteiger partial charge >= 0.3 is 51.4 Å². The van der Waals surface area contributed by atoms with E-state index in [0.29, 0.717) is 6.54 Å². The zero-order valence-corrected chi connectivity index (χ0v) is 24.8. The summed E-state index contributed by atoms with van der Waals surface area (Å²) in [6.45, 7) is 8.71. The number of benzene rings is 2. The minimum atomic E-state index is -0.270. The number of piperidine rings is 1. The van der Waals surface area contributed by atoms with Crippen LogP contribution in [0.25, 0.3) is 5.32 Å². The maximum atomic E-state index is 13.4. The summed E-state index contributed by atoms with van der Waals surface area (Å²) in [5.74, 6) is -0.540. The number of allylic oxidation sites excluding steroid dienone is 1. The fraction of sp³-hybridized carbons (Fsp3) is 0.400. The van der Waals surface area contributed by atoms with E-state index in [9.17, 15) is 8.78 Å². The van der Waals surface area contributed by atoms with Crippen LogP contribution in [0.2, 0.25) is 0 Å². The van der Waals surface area contributed by atoms with Gasteiger partial charge in [-0.05, 0) is 68.6 Å². The number of likely N-dealkylation sites (tertiary alicyclic amines) is 1. The topological polar surface area (TPSA) is 26.6 Å². The van der Waals surface area contributed by atoms with Crippen molar-refractivity contribution >= 4 is 0 Å². The SMILES string of the molecule is C#C.C/C=C\C1=C(C)COC12CCN(CCC[N-]C(c1ccc(F)cc1)c1ccc(F)cc1)CC2.[K+].